The quantitative estimate of drug-likeness (QED) is 0.662. The average Bonchev–Trinajstić information content (AvgIpc) is 3.12. The molecule has 2 heterocycles. The van der Waals surface area contributed by atoms with E-state index in [2.05, 4.69) is 32.1 Å². The van der Waals surface area contributed by atoms with Crippen molar-refractivity contribution in [2.45, 2.75) is 51.5 Å². The molecule has 136 valence electrons. The number of fused-ring (bicyclic) bond motifs is 1. The monoisotopic (exact) mass is 350 g/mol. The van der Waals surface area contributed by atoms with Gasteiger partial charge in [0.05, 0.1) is 6.33 Å². The van der Waals surface area contributed by atoms with Crippen LogP contribution in [0, 0.1) is 0 Å². The van der Waals surface area contributed by atoms with Gasteiger partial charge in [-0.15, -0.1) is 0 Å². The van der Waals surface area contributed by atoms with Crippen molar-refractivity contribution in [2.75, 3.05) is 17.2 Å². The van der Waals surface area contributed by atoms with E-state index >= 15 is 0 Å². The lowest BCUT2D eigenvalue weighted by atomic mass is 9.95. The van der Waals surface area contributed by atoms with E-state index in [1.165, 1.54) is 32.1 Å². The number of nitrogens with zero attached hydrogens (tertiary/aromatic N) is 4. The summed E-state index contributed by atoms with van der Waals surface area (Å²) < 4.78 is 2.25. The summed E-state index contributed by atoms with van der Waals surface area (Å²) in [6.45, 7) is 3.02. The van der Waals surface area contributed by atoms with Crippen LogP contribution in [0.1, 0.15) is 51.5 Å². The highest BCUT2D eigenvalue weighted by Gasteiger charge is 2.20. The molecule has 0 spiro atoms. The van der Waals surface area contributed by atoms with Crippen LogP contribution in [0.25, 0.3) is 11.2 Å². The fourth-order valence-corrected chi connectivity index (χ4v) is 3.62. The molecule has 0 aliphatic heterocycles. The minimum Gasteiger partial charge on any atom is -0.368 e. The van der Waals surface area contributed by atoms with Crippen LogP contribution in [0.2, 0.25) is 0 Å². The standard InChI is InChI=1S/C20H26N6/c1-2-13-21-18-17-19(26(14-22-17)16-11-7-4-8-12-16)25-20(24-18)23-15-9-5-3-6-10-15/h3,5-6,9-10,14,16H,2,4,7-8,11-13H2,1H3,(H2,21,23,24,25). The van der Waals surface area contributed by atoms with E-state index in [0.717, 1.165) is 35.6 Å². The van der Waals surface area contributed by atoms with Gasteiger partial charge in [0.25, 0.3) is 0 Å². The first-order chi connectivity index (χ1) is 12.8. The van der Waals surface area contributed by atoms with Crippen molar-refractivity contribution < 1.29 is 0 Å². The number of benzene rings is 1. The first-order valence-electron chi connectivity index (χ1n) is 9.65. The Hall–Kier alpha value is -2.63. The molecule has 2 aromatic heterocycles. The zero-order valence-corrected chi connectivity index (χ0v) is 15.3. The Balaban J connectivity index is 1.73. The maximum absolute atomic E-state index is 4.81. The fourth-order valence-electron chi connectivity index (χ4n) is 3.62. The van der Waals surface area contributed by atoms with Gasteiger partial charge in [0.1, 0.15) is 0 Å². The third-order valence-corrected chi connectivity index (χ3v) is 4.96. The van der Waals surface area contributed by atoms with Gasteiger partial charge in [-0.25, -0.2) is 4.98 Å². The second-order valence-electron chi connectivity index (χ2n) is 6.93. The number of nitrogens with one attached hydrogen (secondary N) is 2. The summed E-state index contributed by atoms with van der Waals surface area (Å²) in [5, 5.41) is 6.74. The van der Waals surface area contributed by atoms with E-state index in [9.17, 15) is 0 Å². The van der Waals surface area contributed by atoms with Crippen LogP contribution in [-0.4, -0.2) is 26.1 Å². The predicted octanol–water partition coefficient (Wildman–Crippen LogP) is 4.90. The van der Waals surface area contributed by atoms with Gasteiger partial charge in [0, 0.05) is 18.3 Å². The normalized spacial score (nSPS) is 15.3. The summed E-state index contributed by atoms with van der Waals surface area (Å²) >= 11 is 0. The molecule has 1 fully saturated rings. The topological polar surface area (TPSA) is 67.7 Å². The number of hydrogen-bond acceptors (Lipinski definition) is 5. The summed E-state index contributed by atoms with van der Waals surface area (Å²) in [5.74, 6) is 1.42. The van der Waals surface area contributed by atoms with E-state index in [1.807, 2.05) is 36.7 Å². The maximum Gasteiger partial charge on any atom is 0.231 e. The molecule has 6 heteroatoms. The molecule has 0 amide bonds. The van der Waals surface area contributed by atoms with E-state index < -0.39 is 0 Å². The molecule has 1 aromatic carbocycles. The average molecular weight is 350 g/mol. The highest BCUT2D eigenvalue weighted by atomic mass is 15.2. The number of hydrogen-bond donors (Lipinski definition) is 2. The van der Waals surface area contributed by atoms with Gasteiger partial charge < -0.3 is 15.2 Å². The van der Waals surface area contributed by atoms with Crippen LogP contribution in [-0.2, 0) is 0 Å². The lowest BCUT2D eigenvalue weighted by Gasteiger charge is -2.23. The van der Waals surface area contributed by atoms with Crippen molar-refractivity contribution in [3.63, 3.8) is 0 Å². The molecule has 3 aromatic rings. The van der Waals surface area contributed by atoms with E-state index in [1.54, 1.807) is 0 Å². The van der Waals surface area contributed by atoms with Gasteiger partial charge in [0.2, 0.25) is 5.95 Å². The van der Waals surface area contributed by atoms with Crippen molar-refractivity contribution in [3.05, 3.63) is 36.7 Å². The molecular weight excluding hydrogens is 324 g/mol. The van der Waals surface area contributed by atoms with Crippen molar-refractivity contribution in [1.82, 2.24) is 19.5 Å². The predicted molar refractivity (Wildman–Crippen MR) is 106 cm³/mol. The summed E-state index contributed by atoms with van der Waals surface area (Å²) in [5.41, 5.74) is 2.77. The van der Waals surface area contributed by atoms with Gasteiger partial charge in [0.15, 0.2) is 17.0 Å². The first-order valence-corrected chi connectivity index (χ1v) is 9.65. The largest absolute Gasteiger partial charge is 0.368 e. The van der Waals surface area contributed by atoms with Gasteiger partial charge in [-0.05, 0) is 31.4 Å². The number of anilines is 3. The van der Waals surface area contributed by atoms with E-state index in [0.29, 0.717) is 12.0 Å². The highest BCUT2D eigenvalue weighted by molar-refractivity contribution is 5.84. The second-order valence-corrected chi connectivity index (χ2v) is 6.93. The second kappa shape index (κ2) is 7.72. The van der Waals surface area contributed by atoms with Gasteiger partial charge in [-0.3, -0.25) is 0 Å². The third kappa shape index (κ3) is 3.49. The number of rotatable bonds is 6. The minimum atomic E-state index is 0.493. The molecule has 0 radical (unpaired) electrons. The first kappa shape index (κ1) is 16.8. The Labute approximate surface area is 154 Å². The van der Waals surface area contributed by atoms with Crippen molar-refractivity contribution in [1.29, 1.82) is 0 Å². The summed E-state index contributed by atoms with van der Waals surface area (Å²) in [7, 11) is 0. The van der Waals surface area contributed by atoms with E-state index in [4.69, 9.17) is 4.98 Å². The number of aromatic nitrogens is 4. The Morgan fingerprint density at radius 1 is 1.08 bits per heavy atom. The van der Waals surface area contributed by atoms with E-state index in [-0.39, 0.29) is 0 Å². The van der Waals surface area contributed by atoms with Crippen LogP contribution in [0.3, 0.4) is 0 Å². The minimum absolute atomic E-state index is 0.493. The summed E-state index contributed by atoms with van der Waals surface area (Å²) in [4.78, 5) is 14.1. The lowest BCUT2D eigenvalue weighted by molar-refractivity contribution is 0.358. The molecule has 0 saturated heterocycles. The molecule has 6 nitrogen and oxygen atoms in total. The molecule has 1 aliphatic carbocycles. The SMILES string of the molecule is CCCNc1nc(Nc2ccccc2)nc2c1ncn2C1CCCCC1. The molecular formula is C20H26N6. The lowest BCUT2D eigenvalue weighted by Crippen LogP contribution is -2.13. The summed E-state index contributed by atoms with van der Waals surface area (Å²) in [6, 6.07) is 10.5. The number of para-hydroxylation sites is 1. The zero-order chi connectivity index (χ0) is 17.8. The third-order valence-electron chi connectivity index (χ3n) is 4.96. The Kier molecular flexibility index (Phi) is 5.00. The smallest absolute Gasteiger partial charge is 0.231 e. The van der Waals surface area contributed by atoms with Gasteiger partial charge in [-0.2, -0.15) is 9.97 Å². The summed E-state index contributed by atoms with van der Waals surface area (Å²) in [6.07, 6.45) is 9.29. The van der Waals surface area contributed by atoms with Crippen LogP contribution >= 0.6 is 0 Å². The Bertz CT molecular complexity index is 851. The molecule has 2 N–H and O–H groups in total. The molecule has 0 atom stereocenters. The number of imidazole rings is 1. The van der Waals surface area contributed by atoms with Crippen LogP contribution in [0.5, 0.6) is 0 Å². The highest BCUT2D eigenvalue weighted by Crippen LogP contribution is 2.32. The van der Waals surface area contributed by atoms with Gasteiger partial charge >= 0.3 is 0 Å². The fraction of sp³-hybridized carbons (Fsp3) is 0.450. The van der Waals surface area contributed by atoms with Crippen LogP contribution < -0.4 is 10.6 Å². The van der Waals surface area contributed by atoms with Crippen LogP contribution in [0.4, 0.5) is 17.5 Å². The maximum atomic E-state index is 4.81. The van der Waals surface area contributed by atoms with Crippen LogP contribution in [0.15, 0.2) is 36.7 Å². The van der Waals surface area contributed by atoms with Crippen molar-refractivity contribution in [2.24, 2.45) is 0 Å². The molecule has 0 bridgehead atoms. The molecule has 4 rings (SSSR count). The molecule has 1 saturated carbocycles. The van der Waals surface area contributed by atoms with Crippen molar-refractivity contribution in [3.8, 4) is 0 Å². The Morgan fingerprint density at radius 2 is 1.88 bits per heavy atom. The molecule has 26 heavy (non-hydrogen) atoms. The Morgan fingerprint density at radius 3 is 2.65 bits per heavy atom. The van der Waals surface area contributed by atoms with Crippen molar-refractivity contribution >= 4 is 28.6 Å². The molecule has 0 unspecified atom stereocenters. The van der Waals surface area contributed by atoms with Gasteiger partial charge in [-0.1, -0.05) is 44.4 Å². The zero-order valence-electron chi connectivity index (χ0n) is 15.3. The molecule has 1 aliphatic rings.